The molecule has 0 unspecified atom stereocenters. The zero-order valence-corrected chi connectivity index (χ0v) is 9.96. The summed E-state index contributed by atoms with van der Waals surface area (Å²) in [6.45, 7) is 1.45. The Labute approximate surface area is 101 Å². The molecular formula is C10H6Cl3NO. The predicted octanol–water partition coefficient (Wildman–Crippen LogP) is 4.33. The van der Waals surface area contributed by atoms with E-state index in [-0.39, 0.29) is 5.78 Å². The van der Waals surface area contributed by atoms with Gasteiger partial charge in [-0.05, 0) is 19.1 Å². The molecule has 2 nitrogen and oxygen atoms in total. The molecule has 78 valence electrons. The third-order valence-corrected chi connectivity index (χ3v) is 2.93. The molecule has 1 aromatic carbocycles. The normalized spacial score (nSPS) is 10.9. The highest BCUT2D eigenvalue weighted by atomic mass is 35.5. The molecule has 5 heteroatoms. The van der Waals surface area contributed by atoms with Gasteiger partial charge in [-0.25, -0.2) is 0 Å². The van der Waals surface area contributed by atoms with Crippen LogP contribution in [0.4, 0.5) is 0 Å². The molecule has 0 radical (unpaired) electrons. The lowest BCUT2D eigenvalue weighted by Crippen LogP contribution is -1.90. The SMILES string of the molecule is CC(=O)c1c(Cl)[nH]c2c(Cl)cc(Cl)cc12. The van der Waals surface area contributed by atoms with Crippen molar-refractivity contribution in [3.05, 3.63) is 32.9 Å². The first-order chi connectivity index (χ1) is 7.00. The third-order valence-electron chi connectivity index (χ3n) is 2.13. The van der Waals surface area contributed by atoms with Crippen LogP contribution in [0.3, 0.4) is 0 Å². The number of rotatable bonds is 1. The summed E-state index contributed by atoms with van der Waals surface area (Å²) in [4.78, 5) is 14.2. The zero-order chi connectivity index (χ0) is 11.2. The minimum atomic E-state index is -0.121. The van der Waals surface area contributed by atoms with Crippen LogP contribution in [0.15, 0.2) is 12.1 Å². The van der Waals surface area contributed by atoms with Crippen molar-refractivity contribution in [3.63, 3.8) is 0 Å². The summed E-state index contributed by atoms with van der Waals surface area (Å²) in [7, 11) is 0. The van der Waals surface area contributed by atoms with Crippen LogP contribution in [0.5, 0.6) is 0 Å². The van der Waals surface area contributed by atoms with E-state index in [1.54, 1.807) is 12.1 Å². The third kappa shape index (κ3) is 1.73. The van der Waals surface area contributed by atoms with Gasteiger partial charge in [0, 0.05) is 10.4 Å². The fourth-order valence-corrected chi connectivity index (χ4v) is 2.40. The Morgan fingerprint density at radius 3 is 2.53 bits per heavy atom. The van der Waals surface area contributed by atoms with Crippen molar-refractivity contribution in [2.75, 3.05) is 0 Å². The molecule has 0 saturated carbocycles. The van der Waals surface area contributed by atoms with Crippen LogP contribution in [0.2, 0.25) is 15.2 Å². The molecule has 2 rings (SSSR count). The smallest absolute Gasteiger partial charge is 0.163 e. The predicted molar refractivity (Wildman–Crippen MR) is 63.3 cm³/mol. The Morgan fingerprint density at radius 2 is 1.93 bits per heavy atom. The highest BCUT2D eigenvalue weighted by molar-refractivity contribution is 6.41. The van der Waals surface area contributed by atoms with Gasteiger partial charge in [0.1, 0.15) is 5.15 Å². The second-order valence-corrected chi connectivity index (χ2v) is 4.40. The van der Waals surface area contributed by atoms with E-state index in [0.29, 0.717) is 31.7 Å². The van der Waals surface area contributed by atoms with Gasteiger partial charge < -0.3 is 4.98 Å². The second-order valence-electron chi connectivity index (χ2n) is 3.18. The number of aromatic amines is 1. The lowest BCUT2D eigenvalue weighted by molar-refractivity contribution is 0.101. The standard InChI is InChI=1S/C10H6Cl3NO/c1-4(15)8-6-2-5(11)3-7(12)9(6)14-10(8)13/h2-3,14H,1H3. The molecule has 1 heterocycles. The second kappa shape index (κ2) is 3.71. The summed E-state index contributed by atoms with van der Waals surface area (Å²) in [5.41, 5.74) is 1.06. The topological polar surface area (TPSA) is 32.9 Å². The Balaban J connectivity index is 2.93. The number of hydrogen-bond donors (Lipinski definition) is 1. The number of benzene rings is 1. The summed E-state index contributed by atoms with van der Waals surface area (Å²) in [6.07, 6.45) is 0. The zero-order valence-electron chi connectivity index (χ0n) is 7.70. The van der Waals surface area contributed by atoms with E-state index in [4.69, 9.17) is 34.8 Å². The molecule has 1 aromatic heterocycles. The molecule has 2 aromatic rings. The summed E-state index contributed by atoms with van der Waals surface area (Å²) in [5.74, 6) is -0.121. The number of ketones is 1. The van der Waals surface area contributed by atoms with Crippen LogP contribution < -0.4 is 0 Å². The van der Waals surface area contributed by atoms with E-state index in [9.17, 15) is 4.79 Å². The molecule has 15 heavy (non-hydrogen) atoms. The molecule has 1 N–H and O–H groups in total. The number of halogens is 3. The minimum absolute atomic E-state index is 0.121. The number of hydrogen-bond acceptors (Lipinski definition) is 1. The number of Topliss-reactive ketones (excluding diaryl/α,β-unsaturated/α-hetero) is 1. The van der Waals surface area contributed by atoms with Crippen molar-refractivity contribution < 1.29 is 4.79 Å². The van der Waals surface area contributed by atoms with Gasteiger partial charge in [-0.3, -0.25) is 4.79 Å². The molecule has 0 aliphatic heterocycles. The summed E-state index contributed by atoms with van der Waals surface area (Å²) in [5, 5.41) is 1.88. The van der Waals surface area contributed by atoms with Gasteiger partial charge in [-0.2, -0.15) is 0 Å². The Morgan fingerprint density at radius 1 is 1.27 bits per heavy atom. The average molecular weight is 263 g/mol. The van der Waals surface area contributed by atoms with E-state index in [0.717, 1.165) is 0 Å². The summed E-state index contributed by atoms with van der Waals surface area (Å²) >= 11 is 17.7. The maximum Gasteiger partial charge on any atom is 0.163 e. The lowest BCUT2D eigenvalue weighted by atomic mass is 10.1. The van der Waals surface area contributed by atoms with Gasteiger partial charge >= 0.3 is 0 Å². The van der Waals surface area contributed by atoms with Crippen molar-refractivity contribution in [2.45, 2.75) is 6.92 Å². The Bertz CT molecular complexity index is 559. The van der Waals surface area contributed by atoms with E-state index in [1.165, 1.54) is 6.92 Å². The van der Waals surface area contributed by atoms with Crippen LogP contribution in [-0.4, -0.2) is 10.8 Å². The van der Waals surface area contributed by atoms with Gasteiger partial charge in [-0.1, -0.05) is 34.8 Å². The van der Waals surface area contributed by atoms with Gasteiger partial charge in [0.05, 0.1) is 16.1 Å². The summed E-state index contributed by atoms with van der Waals surface area (Å²) < 4.78 is 0. The van der Waals surface area contributed by atoms with E-state index in [1.807, 2.05) is 0 Å². The van der Waals surface area contributed by atoms with E-state index < -0.39 is 0 Å². The number of nitrogens with one attached hydrogen (secondary N) is 1. The van der Waals surface area contributed by atoms with Crippen molar-refractivity contribution >= 4 is 51.5 Å². The quantitative estimate of drug-likeness (QED) is 0.762. The van der Waals surface area contributed by atoms with Gasteiger partial charge in [0.15, 0.2) is 5.78 Å². The first-order valence-corrected chi connectivity index (χ1v) is 5.31. The first kappa shape index (κ1) is 10.8. The molecule has 0 aliphatic rings. The maximum atomic E-state index is 11.4. The molecule has 0 atom stereocenters. The fraction of sp³-hybridized carbons (Fsp3) is 0.100. The molecule has 0 saturated heterocycles. The fourth-order valence-electron chi connectivity index (χ4n) is 1.53. The average Bonchev–Trinajstić information content (AvgIpc) is 2.41. The van der Waals surface area contributed by atoms with Crippen molar-refractivity contribution in [3.8, 4) is 0 Å². The van der Waals surface area contributed by atoms with Crippen LogP contribution in [0, 0.1) is 0 Å². The molecule has 0 fully saturated rings. The Kier molecular flexibility index (Phi) is 2.67. The minimum Gasteiger partial charge on any atom is -0.344 e. The largest absolute Gasteiger partial charge is 0.344 e. The number of fused-ring (bicyclic) bond motifs is 1. The monoisotopic (exact) mass is 261 g/mol. The highest BCUT2D eigenvalue weighted by Crippen LogP contribution is 2.33. The molecule has 0 spiro atoms. The lowest BCUT2D eigenvalue weighted by Gasteiger charge is -1.97. The number of aromatic nitrogens is 1. The number of carbonyl (C=O) groups excluding carboxylic acids is 1. The number of carbonyl (C=O) groups is 1. The maximum absolute atomic E-state index is 11.4. The summed E-state index contributed by atoms with van der Waals surface area (Å²) in [6, 6.07) is 3.27. The molecule has 0 bridgehead atoms. The first-order valence-electron chi connectivity index (χ1n) is 4.18. The van der Waals surface area contributed by atoms with Crippen LogP contribution in [0.1, 0.15) is 17.3 Å². The molecule has 0 aliphatic carbocycles. The van der Waals surface area contributed by atoms with Gasteiger partial charge in [-0.15, -0.1) is 0 Å². The molecule has 0 amide bonds. The van der Waals surface area contributed by atoms with Crippen molar-refractivity contribution in [1.82, 2.24) is 4.98 Å². The van der Waals surface area contributed by atoms with Gasteiger partial charge in [0.2, 0.25) is 0 Å². The number of H-pyrrole nitrogens is 1. The highest BCUT2D eigenvalue weighted by Gasteiger charge is 2.16. The van der Waals surface area contributed by atoms with E-state index >= 15 is 0 Å². The van der Waals surface area contributed by atoms with E-state index in [2.05, 4.69) is 4.98 Å². The Hall–Kier alpha value is -0.700. The molecular weight excluding hydrogens is 256 g/mol. The van der Waals surface area contributed by atoms with Gasteiger partial charge in [0.25, 0.3) is 0 Å². The van der Waals surface area contributed by atoms with Crippen molar-refractivity contribution in [2.24, 2.45) is 0 Å². The van der Waals surface area contributed by atoms with Crippen LogP contribution in [0.25, 0.3) is 10.9 Å². The van der Waals surface area contributed by atoms with Crippen LogP contribution >= 0.6 is 34.8 Å². The van der Waals surface area contributed by atoms with Crippen LogP contribution in [-0.2, 0) is 0 Å². The van der Waals surface area contributed by atoms with Crippen molar-refractivity contribution in [1.29, 1.82) is 0 Å².